The van der Waals surface area contributed by atoms with Crippen molar-refractivity contribution in [3.63, 3.8) is 0 Å². The molecule has 0 radical (unpaired) electrons. The van der Waals surface area contributed by atoms with Crippen LogP contribution in [0.3, 0.4) is 0 Å². The second-order valence-electron chi connectivity index (χ2n) is 10.0. The van der Waals surface area contributed by atoms with Crippen LogP contribution in [0.1, 0.15) is 38.7 Å². The maximum absolute atomic E-state index is 13.3. The minimum atomic E-state index is -1.35. The van der Waals surface area contributed by atoms with Gasteiger partial charge in [-0.2, -0.15) is 5.11 Å². The number of nitrogens with zero attached hydrogens (tertiary/aromatic N) is 4. The van der Waals surface area contributed by atoms with Gasteiger partial charge in [0, 0.05) is 19.6 Å². The van der Waals surface area contributed by atoms with Crippen molar-refractivity contribution in [1.29, 1.82) is 0 Å². The summed E-state index contributed by atoms with van der Waals surface area (Å²) < 4.78 is 5.18. The fourth-order valence-electron chi connectivity index (χ4n) is 4.71. The summed E-state index contributed by atoms with van der Waals surface area (Å²) in [6, 6.07) is 5.47. The van der Waals surface area contributed by atoms with Gasteiger partial charge < -0.3 is 35.8 Å². The van der Waals surface area contributed by atoms with Crippen molar-refractivity contribution >= 4 is 29.7 Å². The molecule has 2 heterocycles. The number of likely N-dealkylation sites (tertiary alicyclic amines) is 2. The SMILES string of the molecule is C[C@@H](O)[C@H](N=NC(=O)C1CCN(C(=O)[C@H]2CCCN2C(=O)[C@@H](NC(=O)OCc2ccccc2)[C@@H](C)O)C1)C(N)=O. The number of aliphatic hydroxyl groups is 2. The number of azo groups is 1. The van der Waals surface area contributed by atoms with Gasteiger partial charge in [0.05, 0.1) is 18.1 Å². The van der Waals surface area contributed by atoms with Crippen molar-refractivity contribution < 1.29 is 38.9 Å². The van der Waals surface area contributed by atoms with Crippen molar-refractivity contribution in [2.24, 2.45) is 21.9 Å². The number of primary amides is 1. The number of hydrogen-bond donors (Lipinski definition) is 4. The molecule has 2 fully saturated rings. The Morgan fingerprint density at radius 1 is 1.07 bits per heavy atom. The fourth-order valence-corrected chi connectivity index (χ4v) is 4.71. The lowest BCUT2D eigenvalue weighted by atomic mass is 10.1. The zero-order valence-electron chi connectivity index (χ0n) is 22.5. The minimum absolute atomic E-state index is 0.0190. The largest absolute Gasteiger partial charge is 0.445 e. The molecule has 3 rings (SSSR count). The number of aliphatic hydroxyl groups excluding tert-OH is 2. The first-order chi connectivity index (χ1) is 19.0. The maximum atomic E-state index is 13.3. The van der Waals surface area contributed by atoms with E-state index in [4.69, 9.17) is 10.5 Å². The predicted octanol–water partition coefficient (Wildman–Crippen LogP) is -0.285. The molecule has 14 nitrogen and oxygen atoms in total. The topological polar surface area (TPSA) is 204 Å². The number of carbonyl (C=O) groups excluding carboxylic acids is 5. The van der Waals surface area contributed by atoms with Gasteiger partial charge >= 0.3 is 6.09 Å². The first-order valence-corrected chi connectivity index (χ1v) is 13.2. The van der Waals surface area contributed by atoms with E-state index in [0.29, 0.717) is 19.3 Å². The number of nitrogens with one attached hydrogen (secondary N) is 1. The van der Waals surface area contributed by atoms with E-state index in [1.165, 1.54) is 23.6 Å². The molecule has 218 valence electrons. The van der Waals surface area contributed by atoms with Crippen molar-refractivity contribution in [2.75, 3.05) is 19.6 Å². The van der Waals surface area contributed by atoms with E-state index < -0.39 is 60.1 Å². The molecule has 0 aliphatic carbocycles. The van der Waals surface area contributed by atoms with Gasteiger partial charge in [-0.15, -0.1) is 5.11 Å². The fraction of sp³-hybridized carbons (Fsp3) is 0.577. The van der Waals surface area contributed by atoms with E-state index in [1.54, 1.807) is 24.3 Å². The molecule has 0 spiro atoms. The van der Waals surface area contributed by atoms with Gasteiger partial charge in [-0.3, -0.25) is 19.2 Å². The van der Waals surface area contributed by atoms with Gasteiger partial charge in [0.25, 0.3) is 5.91 Å². The Kier molecular flexibility index (Phi) is 10.7. The number of rotatable bonds is 10. The van der Waals surface area contributed by atoms with Gasteiger partial charge in [0.15, 0.2) is 6.04 Å². The molecule has 0 bridgehead atoms. The Bertz CT molecular complexity index is 1110. The molecule has 5 amide bonds. The van der Waals surface area contributed by atoms with E-state index in [-0.39, 0.29) is 32.1 Å². The van der Waals surface area contributed by atoms with E-state index in [1.807, 2.05) is 6.07 Å². The number of nitrogens with two attached hydrogens (primary N) is 1. The highest BCUT2D eigenvalue weighted by Crippen LogP contribution is 2.25. The minimum Gasteiger partial charge on any atom is -0.445 e. The average Bonchev–Trinajstić information content (AvgIpc) is 3.60. The Morgan fingerprint density at radius 2 is 1.77 bits per heavy atom. The third-order valence-corrected chi connectivity index (χ3v) is 6.93. The molecule has 14 heteroatoms. The van der Waals surface area contributed by atoms with Crippen LogP contribution in [0.5, 0.6) is 0 Å². The van der Waals surface area contributed by atoms with Crippen molar-refractivity contribution in [3.8, 4) is 0 Å². The molecule has 1 unspecified atom stereocenters. The summed E-state index contributed by atoms with van der Waals surface area (Å²) in [6.45, 7) is 3.21. The number of amides is 5. The van der Waals surface area contributed by atoms with Crippen LogP contribution < -0.4 is 11.1 Å². The summed E-state index contributed by atoms with van der Waals surface area (Å²) in [6.07, 6.45) is -2.10. The van der Waals surface area contributed by atoms with Crippen molar-refractivity contribution in [3.05, 3.63) is 35.9 Å². The second kappa shape index (κ2) is 13.9. The molecule has 1 aromatic rings. The Balaban J connectivity index is 1.59. The van der Waals surface area contributed by atoms with Gasteiger partial charge in [-0.1, -0.05) is 30.3 Å². The highest BCUT2D eigenvalue weighted by atomic mass is 16.5. The maximum Gasteiger partial charge on any atom is 0.408 e. The standard InChI is InChI=1S/C26H36N6O8/c1-15(33)20(22(27)35)29-30-23(36)18-10-12-31(13-18)24(37)19-9-6-11-32(19)25(38)21(16(2)34)28-26(39)40-14-17-7-4-3-5-8-17/h3-5,7-8,15-16,18-21,33-34H,6,9-14H2,1-2H3,(H2,27,35)(H,28,39)/t15-,16-,18?,19-,20+,21+/m1/s1. The molecule has 5 N–H and O–H groups in total. The van der Waals surface area contributed by atoms with Crippen LogP contribution in [-0.4, -0.2) is 99.7 Å². The highest BCUT2D eigenvalue weighted by molar-refractivity contribution is 5.92. The molecule has 0 saturated carbocycles. The highest BCUT2D eigenvalue weighted by Gasteiger charge is 2.43. The number of carbonyl (C=O) groups is 5. The summed E-state index contributed by atoms with van der Waals surface area (Å²) in [7, 11) is 0. The summed E-state index contributed by atoms with van der Waals surface area (Å²) >= 11 is 0. The molecule has 0 aromatic heterocycles. The Hall–Kier alpha value is -3.91. The number of alkyl carbamates (subject to hydrolysis) is 1. The molecule has 6 atom stereocenters. The molecule has 2 aliphatic rings. The predicted molar refractivity (Wildman–Crippen MR) is 139 cm³/mol. The lowest BCUT2D eigenvalue weighted by Gasteiger charge is -2.31. The zero-order chi connectivity index (χ0) is 29.4. The first kappa shape index (κ1) is 30.6. The molecule has 40 heavy (non-hydrogen) atoms. The van der Waals surface area contributed by atoms with Crippen molar-refractivity contribution in [2.45, 2.75) is 70.1 Å². The van der Waals surface area contributed by atoms with E-state index >= 15 is 0 Å². The normalized spacial score (nSPS) is 22.0. The first-order valence-electron chi connectivity index (χ1n) is 13.2. The average molecular weight is 561 g/mol. The summed E-state index contributed by atoms with van der Waals surface area (Å²) in [5, 5.41) is 29.3. The third-order valence-electron chi connectivity index (χ3n) is 6.93. The quantitative estimate of drug-likeness (QED) is 0.279. The van der Waals surface area contributed by atoms with Gasteiger partial charge in [-0.25, -0.2) is 4.79 Å². The van der Waals surface area contributed by atoms with Crippen LogP contribution in [0, 0.1) is 5.92 Å². The van der Waals surface area contributed by atoms with E-state index in [9.17, 15) is 34.2 Å². The third kappa shape index (κ3) is 7.82. The Morgan fingerprint density at radius 3 is 2.40 bits per heavy atom. The van der Waals surface area contributed by atoms with E-state index in [0.717, 1.165) is 5.56 Å². The number of ether oxygens (including phenoxy) is 1. The van der Waals surface area contributed by atoms with Crippen LogP contribution >= 0.6 is 0 Å². The molecule has 2 saturated heterocycles. The molecule has 2 aliphatic heterocycles. The van der Waals surface area contributed by atoms with Crippen LogP contribution in [-0.2, 0) is 30.5 Å². The number of hydrogen-bond acceptors (Lipinski definition) is 9. The van der Waals surface area contributed by atoms with Crippen LogP contribution in [0.25, 0.3) is 0 Å². The van der Waals surface area contributed by atoms with Gasteiger partial charge in [0.2, 0.25) is 17.7 Å². The monoisotopic (exact) mass is 560 g/mol. The lowest BCUT2D eigenvalue weighted by Crippen LogP contribution is -2.57. The summed E-state index contributed by atoms with van der Waals surface area (Å²) in [5.41, 5.74) is 5.91. The zero-order valence-corrected chi connectivity index (χ0v) is 22.5. The van der Waals surface area contributed by atoms with Gasteiger partial charge in [0.1, 0.15) is 18.7 Å². The van der Waals surface area contributed by atoms with Crippen LogP contribution in [0.2, 0.25) is 0 Å². The second-order valence-corrected chi connectivity index (χ2v) is 10.0. The number of benzene rings is 1. The van der Waals surface area contributed by atoms with Crippen molar-refractivity contribution in [1.82, 2.24) is 15.1 Å². The summed E-state index contributed by atoms with van der Waals surface area (Å²) in [5.74, 6) is -3.19. The molecular formula is C26H36N6O8. The molecule has 1 aromatic carbocycles. The molecular weight excluding hydrogens is 524 g/mol. The van der Waals surface area contributed by atoms with Crippen LogP contribution in [0.4, 0.5) is 4.79 Å². The van der Waals surface area contributed by atoms with Crippen LogP contribution in [0.15, 0.2) is 40.6 Å². The lowest BCUT2D eigenvalue weighted by molar-refractivity contribution is -0.145. The smallest absolute Gasteiger partial charge is 0.408 e. The summed E-state index contributed by atoms with van der Waals surface area (Å²) in [4.78, 5) is 65.7. The Labute approximate surface area is 231 Å². The van der Waals surface area contributed by atoms with Gasteiger partial charge in [-0.05, 0) is 38.7 Å². The van der Waals surface area contributed by atoms with E-state index in [2.05, 4.69) is 15.5 Å².